The van der Waals surface area contributed by atoms with Crippen LogP contribution < -0.4 is 4.74 Å². The number of para-hydroxylation sites is 1. The van der Waals surface area contributed by atoms with Crippen molar-refractivity contribution in [3.8, 4) is 22.7 Å². The zero-order valence-electron chi connectivity index (χ0n) is 19.1. The first-order chi connectivity index (χ1) is 16.0. The summed E-state index contributed by atoms with van der Waals surface area (Å²) in [5, 5.41) is 4.89. The molecule has 1 saturated heterocycles. The first kappa shape index (κ1) is 23.3. The van der Waals surface area contributed by atoms with Gasteiger partial charge in [-0.25, -0.2) is 4.68 Å². The molecule has 4 rings (SSSR count). The van der Waals surface area contributed by atoms with Crippen LogP contribution in [0.3, 0.4) is 0 Å². The molecule has 2 heterocycles. The molecule has 1 fully saturated rings. The van der Waals surface area contributed by atoms with Crippen molar-refractivity contribution in [2.75, 3.05) is 13.2 Å². The highest BCUT2D eigenvalue weighted by Crippen LogP contribution is 2.35. The number of hydrogen-bond acceptors (Lipinski definition) is 5. The first-order valence-electron chi connectivity index (χ1n) is 11.2. The Kier molecular flexibility index (Phi) is 7.30. The molecule has 170 valence electrons. The van der Waals surface area contributed by atoms with Crippen LogP contribution >= 0.6 is 24.0 Å². The van der Waals surface area contributed by atoms with Crippen LogP contribution in [0.25, 0.3) is 23.0 Å². The van der Waals surface area contributed by atoms with Crippen LogP contribution in [0.4, 0.5) is 0 Å². The van der Waals surface area contributed by atoms with Crippen molar-refractivity contribution in [1.82, 2.24) is 14.7 Å². The fourth-order valence-electron chi connectivity index (χ4n) is 3.66. The zero-order valence-corrected chi connectivity index (χ0v) is 20.7. The molecular formula is C26H27N3O2S2. The van der Waals surface area contributed by atoms with Crippen LogP contribution in [0.5, 0.6) is 5.75 Å². The Morgan fingerprint density at radius 1 is 1.12 bits per heavy atom. The molecule has 1 aliphatic heterocycles. The molecule has 1 amide bonds. The van der Waals surface area contributed by atoms with Crippen LogP contribution in [0.15, 0.2) is 59.6 Å². The second-order valence-corrected chi connectivity index (χ2v) is 9.55. The summed E-state index contributed by atoms with van der Waals surface area (Å²) in [6, 6.07) is 16.1. The molecule has 2 aromatic carbocycles. The van der Waals surface area contributed by atoms with Crippen molar-refractivity contribution >= 4 is 40.3 Å². The minimum atomic E-state index is -0.0373. The van der Waals surface area contributed by atoms with Crippen molar-refractivity contribution in [2.24, 2.45) is 0 Å². The lowest BCUT2D eigenvalue weighted by molar-refractivity contribution is -0.122. The molecule has 1 aliphatic rings. The minimum absolute atomic E-state index is 0.0373. The normalized spacial score (nSPS) is 15.0. The molecule has 0 saturated carbocycles. The molecule has 0 N–H and O–H groups in total. The summed E-state index contributed by atoms with van der Waals surface area (Å²) in [5.74, 6) is 0.842. The summed E-state index contributed by atoms with van der Waals surface area (Å²) in [4.78, 5) is 15.2. The Labute approximate surface area is 204 Å². The standard InChI is InChI=1S/C26H27N3O2S2/c1-4-13-28-25(30)23(33-26(28)32)16-20-17-29(21-9-7-6-8-10-21)27-24(20)19-11-12-22(18(3)15-19)31-14-5-2/h6-12,15-17H,4-5,13-14H2,1-3H3/b23-16-. The Morgan fingerprint density at radius 2 is 1.91 bits per heavy atom. The maximum atomic E-state index is 12.9. The van der Waals surface area contributed by atoms with Crippen molar-refractivity contribution in [3.63, 3.8) is 0 Å². The SMILES string of the molecule is CCCOc1ccc(-c2nn(-c3ccccc3)cc2/C=C2\SC(=S)N(CCC)C2=O)cc1C. The predicted octanol–water partition coefficient (Wildman–Crippen LogP) is 6.25. The van der Waals surface area contributed by atoms with E-state index in [9.17, 15) is 4.79 Å². The van der Waals surface area contributed by atoms with Crippen LogP contribution in [-0.2, 0) is 4.79 Å². The van der Waals surface area contributed by atoms with Gasteiger partial charge in [0.05, 0.1) is 17.2 Å². The van der Waals surface area contributed by atoms with Gasteiger partial charge in [-0.15, -0.1) is 0 Å². The van der Waals surface area contributed by atoms with Crippen LogP contribution in [0, 0.1) is 6.92 Å². The lowest BCUT2D eigenvalue weighted by atomic mass is 10.0. The largest absolute Gasteiger partial charge is 0.493 e. The van der Waals surface area contributed by atoms with E-state index in [4.69, 9.17) is 22.1 Å². The highest BCUT2D eigenvalue weighted by atomic mass is 32.2. The number of thiocarbonyl (C=S) groups is 1. The second kappa shape index (κ2) is 10.4. The molecule has 0 aliphatic carbocycles. The third kappa shape index (κ3) is 5.04. The number of amides is 1. The zero-order chi connectivity index (χ0) is 23.4. The smallest absolute Gasteiger partial charge is 0.266 e. The number of nitrogens with zero attached hydrogens (tertiary/aromatic N) is 3. The molecule has 33 heavy (non-hydrogen) atoms. The molecule has 5 nitrogen and oxygen atoms in total. The van der Waals surface area contributed by atoms with E-state index in [-0.39, 0.29) is 5.91 Å². The van der Waals surface area contributed by atoms with E-state index >= 15 is 0 Å². The number of carbonyl (C=O) groups is 1. The van der Waals surface area contributed by atoms with E-state index in [1.54, 1.807) is 4.90 Å². The summed E-state index contributed by atoms with van der Waals surface area (Å²) in [7, 11) is 0. The van der Waals surface area contributed by atoms with Gasteiger partial charge < -0.3 is 4.74 Å². The van der Waals surface area contributed by atoms with E-state index in [2.05, 4.69) is 13.0 Å². The van der Waals surface area contributed by atoms with E-state index in [1.165, 1.54) is 11.8 Å². The van der Waals surface area contributed by atoms with Crippen molar-refractivity contribution in [1.29, 1.82) is 0 Å². The minimum Gasteiger partial charge on any atom is -0.493 e. The maximum Gasteiger partial charge on any atom is 0.266 e. The lowest BCUT2D eigenvalue weighted by Gasteiger charge is -2.12. The Bertz CT molecular complexity index is 1200. The molecule has 1 aromatic heterocycles. The van der Waals surface area contributed by atoms with Gasteiger partial charge in [-0.1, -0.05) is 56.0 Å². The number of hydrogen-bond donors (Lipinski definition) is 0. The molecule has 0 radical (unpaired) electrons. The summed E-state index contributed by atoms with van der Waals surface area (Å²) in [6.07, 6.45) is 5.70. The highest BCUT2D eigenvalue weighted by Gasteiger charge is 2.31. The van der Waals surface area contributed by atoms with E-state index in [1.807, 2.05) is 73.3 Å². The van der Waals surface area contributed by atoms with Gasteiger partial charge in [0.1, 0.15) is 15.8 Å². The molecule has 0 bridgehead atoms. The number of rotatable bonds is 8. The van der Waals surface area contributed by atoms with E-state index < -0.39 is 0 Å². The van der Waals surface area contributed by atoms with Crippen molar-refractivity contribution in [2.45, 2.75) is 33.6 Å². The molecule has 3 aromatic rings. The summed E-state index contributed by atoms with van der Waals surface area (Å²) < 4.78 is 8.31. The maximum absolute atomic E-state index is 12.9. The quantitative estimate of drug-likeness (QED) is 0.284. The lowest BCUT2D eigenvalue weighted by Crippen LogP contribution is -2.28. The highest BCUT2D eigenvalue weighted by molar-refractivity contribution is 8.26. The number of aromatic nitrogens is 2. The topological polar surface area (TPSA) is 47.4 Å². The van der Waals surface area contributed by atoms with Gasteiger partial charge >= 0.3 is 0 Å². The van der Waals surface area contributed by atoms with E-state index in [0.717, 1.165) is 46.7 Å². The number of carbonyl (C=O) groups excluding carboxylic acids is 1. The summed E-state index contributed by atoms with van der Waals surface area (Å²) >= 11 is 6.80. The average Bonchev–Trinajstić information content (AvgIpc) is 3.36. The number of thioether (sulfide) groups is 1. The third-order valence-electron chi connectivity index (χ3n) is 5.28. The first-order valence-corrected chi connectivity index (χ1v) is 12.4. The summed E-state index contributed by atoms with van der Waals surface area (Å²) in [6.45, 7) is 7.50. The molecular weight excluding hydrogens is 450 g/mol. The average molecular weight is 478 g/mol. The fourth-order valence-corrected chi connectivity index (χ4v) is 4.96. The Morgan fingerprint density at radius 3 is 2.61 bits per heavy atom. The Balaban J connectivity index is 1.77. The molecule has 0 spiro atoms. The molecule has 0 atom stereocenters. The van der Waals surface area contributed by atoms with Crippen LogP contribution in [-0.4, -0.2) is 38.1 Å². The van der Waals surface area contributed by atoms with Crippen molar-refractivity contribution < 1.29 is 9.53 Å². The fraction of sp³-hybridized carbons (Fsp3) is 0.269. The summed E-state index contributed by atoms with van der Waals surface area (Å²) in [5.41, 5.74) is 4.66. The number of benzene rings is 2. The van der Waals surface area contributed by atoms with Gasteiger partial charge in [-0.2, -0.15) is 5.10 Å². The second-order valence-electron chi connectivity index (χ2n) is 7.88. The number of aryl methyl sites for hydroxylation is 1. The third-order valence-corrected chi connectivity index (χ3v) is 6.66. The van der Waals surface area contributed by atoms with E-state index in [0.29, 0.717) is 22.4 Å². The molecule has 7 heteroatoms. The van der Waals surface area contributed by atoms with Crippen molar-refractivity contribution in [3.05, 3.63) is 70.8 Å². The van der Waals surface area contributed by atoms with Gasteiger partial charge in [0.2, 0.25) is 0 Å². The van der Waals surface area contributed by atoms with Gasteiger partial charge in [-0.05, 0) is 61.7 Å². The van der Waals surface area contributed by atoms with Gasteiger partial charge in [0.25, 0.3) is 5.91 Å². The molecule has 0 unspecified atom stereocenters. The number of ether oxygens (including phenoxy) is 1. The monoisotopic (exact) mass is 477 g/mol. The Hall–Kier alpha value is -2.90. The van der Waals surface area contributed by atoms with Gasteiger partial charge in [-0.3, -0.25) is 9.69 Å². The van der Waals surface area contributed by atoms with Crippen LogP contribution in [0.2, 0.25) is 0 Å². The van der Waals surface area contributed by atoms with Gasteiger partial charge in [0, 0.05) is 23.9 Å². The predicted molar refractivity (Wildman–Crippen MR) is 140 cm³/mol. The van der Waals surface area contributed by atoms with Gasteiger partial charge in [0.15, 0.2) is 0 Å². The van der Waals surface area contributed by atoms with Crippen LogP contribution in [0.1, 0.15) is 37.8 Å².